The maximum Gasteiger partial charge on any atom is 0.227 e. The van der Waals surface area contributed by atoms with Crippen molar-refractivity contribution in [1.29, 1.82) is 0 Å². The molecule has 1 fully saturated rings. The smallest absolute Gasteiger partial charge is 0.227 e. The number of nitrogens with one attached hydrogen (secondary N) is 1. The molecule has 25 heavy (non-hydrogen) atoms. The molecule has 0 saturated carbocycles. The Hall–Kier alpha value is -2.83. The summed E-state index contributed by atoms with van der Waals surface area (Å²) in [5, 5.41) is 7.10. The fourth-order valence-corrected chi connectivity index (χ4v) is 3.01. The predicted molar refractivity (Wildman–Crippen MR) is 93.3 cm³/mol. The van der Waals surface area contributed by atoms with E-state index in [1.165, 1.54) is 0 Å². The first-order valence-corrected chi connectivity index (χ1v) is 8.29. The van der Waals surface area contributed by atoms with Gasteiger partial charge in [0.2, 0.25) is 11.8 Å². The summed E-state index contributed by atoms with van der Waals surface area (Å²) in [5.41, 5.74) is 0.754. The summed E-state index contributed by atoms with van der Waals surface area (Å²) < 4.78 is 6.97. The first kappa shape index (κ1) is 17.0. The van der Waals surface area contributed by atoms with E-state index in [9.17, 15) is 9.59 Å². The van der Waals surface area contributed by atoms with Crippen molar-refractivity contribution in [2.75, 3.05) is 18.6 Å². The van der Waals surface area contributed by atoms with Crippen LogP contribution in [0.2, 0.25) is 0 Å². The third-order valence-corrected chi connectivity index (χ3v) is 4.27. The van der Waals surface area contributed by atoms with Crippen molar-refractivity contribution in [2.24, 2.45) is 5.92 Å². The van der Waals surface area contributed by atoms with E-state index >= 15 is 0 Å². The van der Waals surface area contributed by atoms with Crippen LogP contribution in [0, 0.1) is 5.92 Å². The van der Waals surface area contributed by atoms with E-state index in [2.05, 4.69) is 10.4 Å². The fraction of sp³-hybridized carbons (Fsp3) is 0.389. The van der Waals surface area contributed by atoms with E-state index < -0.39 is 0 Å². The number of ether oxygens (including phenoxy) is 1. The highest BCUT2D eigenvalue weighted by atomic mass is 16.5. The Morgan fingerprint density at radius 1 is 1.44 bits per heavy atom. The largest absolute Gasteiger partial charge is 0.497 e. The Balaban J connectivity index is 1.60. The van der Waals surface area contributed by atoms with Gasteiger partial charge in [-0.25, -0.2) is 0 Å². The molecule has 2 amide bonds. The number of carbonyl (C=O) groups is 2. The summed E-state index contributed by atoms with van der Waals surface area (Å²) in [6.07, 6.45) is 3.78. The minimum atomic E-state index is -0.348. The van der Waals surface area contributed by atoms with E-state index in [4.69, 9.17) is 4.74 Å². The van der Waals surface area contributed by atoms with Crippen LogP contribution in [0.25, 0.3) is 0 Å². The van der Waals surface area contributed by atoms with Gasteiger partial charge in [-0.15, -0.1) is 0 Å². The Morgan fingerprint density at radius 3 is 3.00 bits per heavy atom. The van der Waals surface area contributed by atoms with Crippen LogP contribution in [0.15, 0.2) is 42.7 Å². The van der Waals surface area contributed by atoms with Crippen molar-refractivity contribution in [1.82, 2.24) is 15.1 Å². The Morgan fingerprint density at radius 2 is 2.28 bits per heavy atom. The summed E-state index contributed by atoms with van der Waals surface area (Å²) >= 11 is 0. The average Bonchev–Trinajstić information content (AvgIpc) is 3.24. The molecule has 0 unspecified atom stereocenters. The number of rotatable bonds is 6. The van der Waals surface area contributed by atoms with Crippen LogP contribution >= 0.6 is 0 Å². The molecule has 1 N–H and O–H groups in total. The average molecular weight is 342 g/mol. The standard InChI is InChI=1S/C18H22N4O3/c1-13(11-21-8-4-7-19-21)20-18(24)14-9-17(23)22(12-14)15-5-3-6-16(10-15)25-2/h3-8,10,13-14H,9,11-12H2,1-2H3,(H,20,24)/t13-,14+/m1/s1. The van der Waals surface area contributed by atoms with Gasteiger partial charge in [-0.2, -0.15) is 5.10 Å². The van der Waals surface area contributed by atoms with Crippen molar-refractivity contribution < 1.29 is 14.3 Å². The molecule has 1 aliphatic heterocycles. The molecule has 1 saturated heterocycles. The highest BCUT2D eigenvalue weighted by Gasteiger charge is 2.35. The molecule has 0 bridgehead atoms. The summed E-state index contributed by atoms with van der Waals surface area (Å²) in [7, 11) is 1.59. The second-order valence-corrected chi connectivity index (χ2v) is 6.24. The molecular formula is C18H22N4O3. The van der Waals surface area contributed by atoms with Gasteiger partial charge in [0.05, 0.1) is 19.6 Å². The van der Waals surface area contributed by atoms with Crippen LogP contribution in [0.5, 0.6) is 5.75 Å². The number of anilines is 1. The van der Waals surface area contributed by atoms with E-state index in [0.29, 0.717) is 18.8 Å². The number of carbonyl (C=O) groups excluding carboxylic acids is 2. The van der Waals surface area contributed by atoms with Crippen LogP contribution in [-0.4, -0.2) is 41.3 Å². The zero-order valence-corrected chi connectivity index (χ0v) is 14.4. The van der Waals surface area contributed by atoms with Gasteiger partial charge >= 0.3 is 0 Å². The third kappa shape index (κ3) is 3.99. The number of amides is 2. The summed E-state index contributed by atoms with van der Waals surface area (Å²) in [6.45, 7) is 2.90. The van der Waals surface area contributed by atoms with E-state index in [0.717, 1.165) is 5.69 Å². The maximum atomic E-state index is 12.5. The highest BCUT2D eigenvalue weighted by Crippen LogP contribution is 2.28. The molecule has 2 aromatic rings. The number of hydrogen-bond donors (Lipinski definition) is 1. The highest BCUT2D eigenvalue weighted by molar-refractivity contribution is 6.00. The van der Waals surface area contributed by atoms with Gasteiger partial charge in [0.1, 0.15) is 5.75 Å². The quantitative estimate of drug-likeness (QED) is 0.862. The van der Waals surface area contributed by atoms with Crippen molar-refractivity contribution in [3.63, 3.8) is 0 Å². The molecule has 2 heterocycles. The van der Waals surface area contributed by atoms with Crippen molar-refractivity contribution in [3.8, 4) is 5.75 Å². The van der Waals surface area contributed by atoms with Gasteiger partial charge in [-0.05, 0) is 25.1 Å². The number of hydrogen-bond acceptors (Lipinski definition) is 4. The predicted octanol–water partition coefficient (Wildman–Crippen LogP) is 1.45. The molecule has 3 rings (SSSR count). The van der Waals surface area contributed by atoms with Crippen LogP contribution in [0.1, 0.15) is 13.3 Å². The second kappa shape index (κ2) is 7.38. The molecule has 0 radical (unpaired) electrons. The fourth-order valence-electron chi connectivity index (χ4n) is 3.01. The van der Waals surface area contributed by atoms with Crippen molar-refractivity contribution in [3.05, 3.63) is 42.7 Å². The third-order valence-electron chi connectivity index (χ3n) is 4.27. The minimum Gasteiger partial charge on any atom is -0.497 e. The lowest BCUT2D eigenvalue weighted by atomic mass is 10.1. The summed E-state index contributed by atoms with van der Waals surface area (Å²) in [4.78, 5) is 26.5. The molecule has 0 spiro atoms. The Kier molecular flexibility index (Phi) is 5.02. The van der Waals surface area contributed by atoms with Crippen molar-refractivity contribution in [2.45, 2.75) is 25.9 Å². The molecule has 7 heteroatoms. The number of methoxy groups -OCH3 is 1. The first-order chi connectivity index (χ1) is 12.1. The molecule has 2 atom stereocenters. The van der Waals surface area contributed by atoms with E-state index in [1.54, 1.807) is 29.0 Å². The molecule has 7 nitrogen and oxygen atoms in total. The van der Waals surface area contributed by atoms with E-state index in [1.807, 2.05) is 37.4 Å². The number of benzene rings is 1. The van der Waals surface area contributed by atoms with Crippen LogP contribution in [0.4, 0.5) is 5.69 Å². The number of nitrogens with zero attached hydrogens (tertiary/aromatic N) is 3. The SMILES string of the molecule is COc1cccc(N2C[C@@H](C(=O)N[C@H](C)Cn3cccn3)CC2=O)c1. The summed E-state index contributed by atoms with van der Waals surface area (Å²) in [6, 6.07) is 9.09. The molecule has 132 valence electrons. The topological polar surface area (TPSA) is 76.5 Å². The monoisotopic (exact) mass is 342 g/mol. The van der Waals surface area contributed by atoms with Gasteiger partial charge in [-0.1, -0.05) is 6.07 Å². The van der Waals surface area contributed by atoms with Gasteiger partial charge < -0.3 is 15.0 Å². The molecule has 1 aromatic carbocycles. The van der Waals surface area contributed by atoms with Gasteiger partial charge in [-0.3, -0.25) is 14.3 Å². The lowest BCUT2D eigenvalue weighted by Crippen LogP contribution is -2.40. The Labute approximate surface area is 146 Å². The maximum absolute atomic E-state index is 12.5. The molecule has 1 aromatic heterocycles. The lowest BCUT2D eigenvalue weighted by Gasteiger charge is -2.19. The van der Waals surface area contributed by atoms with Crippen LogP contribution in [-0.2, 0) is 16.1 Å². The molecule has 0 aliphatic carbocycles. The minimum absolute atomic E-state index is 0.0480. The summed E-state index contributed by atoms with van der Waals surface area (Å²) in [5.74, 6) is 0.191. The Bertz CT molecular complexity index is 745. The van der Waals surface area contributed by atoms with Crippen molar-refractivity contribution >= 4 is 17.5 Å². The van der Waals surface area contributed by atoms with Gasteiger partial charge in [0.15, 0.2) is 0 Å². The van der Waals surface area contributed by atoms with Crippen LogP contribution in [0.3, 0.4) is 0 Å². The second-order valence-electron chi connectivity index (χ2n) is 6.24. The van der Waals surface area contributed by atoms with Crippen LogP contribution < -0.4 is 15.0 Å². The zero-order valence-electron chi connectivity index (χ0n) is 14.4. The first-order valence-electron chi connectivity index (χ1n) is 8.29. The lowest BCUT2D eigenvalue weighted by molar-refractivity contribution is -0.126. The van der Waals surface area contributed by atoms with E-state index in [-0.39, 0.29) is 30.2 Å². The van der Waals surface area contributed by atoms with Gasteiger partial charge in [0, 0.05) is 43.2 Å². The molecular weight excluding hydrogens is 320 g/mol. The zero-order chi connectivity index (χ0) is 17.8. The molecule has 1 aliphatic rings. The van der Waals surface area contributed by atoms with Gasteiger partial charge in [0.25, 0.3) is 0 Å². The normalized spacial score (nSPS) is 18.2. The number of aromatic nitrogens is 2.